The third-order valence-electron chi connectivity index (χ3n) is 8.17. The van der Waals surface area contributed by atoms with Crippen molar-refractivity contribution in [3.63, 3.8) is 0 Å². The van der Waals surface area contributed by atoms with E-state index in [2.05, 4.69) is 21.2 Å². The van der Waals surface area contributed by atoms with Gasteiger partial charge in [-0.15, -0.1) is 23.2 Å². The highest BCUT2D eigenvalue weighted by molar-refractivity contribution is 9.10. The lowest BCUT2D eigenvalue weighted by Gasteiger charge is -2.54. The van der Waals surface area contributed by atoms with E-state index in [-0.39, 0.29) is 24.3 Å². The van der Waals surface area contributed by atoms with Gasteiger partial charge in [0.25, 0.3) is 0 Å². The van der Waals surface area contributed by atoms with Gasteiger partial charge in [-0.1, -0.05) is 82.5 Å². The first kappa shape index (κ1) is 26.8. The van der Waals surface area contributed by atoms with Crippen LogP contribution < -0.4 is 5.32 Å². The first-order valence-electron chi connectivity index (χ1n) is 12.9. The highest BCUT2D eigenvalue weighted by atomic mass is 79.9. The van der Waals surface area contributed by atoms with Crippen LogP contribution in [0.1, 0.15) is 47.9 Å². The maximum Gasteiger partial charge on any atom is 0.235 e. The van der Waals surface area contributed by atoms with Gasteiger partial charge in [0.1, 0.15) is 9.75 Å². The van der Waals surface area contributed by atoms with Crippen molar-refractivity contribution in [3.05, 3.63) is 98.5 Å². The smallest absolute Gasteiger partial charge is 0.235 e. The molecule has 1 heterocycles. The average molecular weight is 647 g/mol. The number of nitrogens with one attached hydrogen (secondary N) is 1. The van der Waals surface area contributed by atoms with Gasteiger partial charge in [-0.05, 0) is 53.3 Å². The van der Waals surface area contributed by atoms with Gasteiger partial charge in [-0.3, -0.25) is 19.3 Å². The van der Waals surface area contributed by atoms with Crippen LogP contribution in [0.15, 0.2) is 71.2 Å². The lowest BCUT2D eigenvalue weighted by Crippen LogP contribution is -2.57. The summed E-state index contributed by atoms with van der Waals surface area (Å²) in [5.74, 6) is -2.27. The molecule has 2 atom stereocenters. The molecule has 1 fully saturated rings. The van der Waals surface area contributed by atoms with Gasteiger partial charge in [0.05, 0.1) is 22.5 Å². The second-order valence-electron chi connectivity index (χ2n) is 10.3. The molecule has 3 aliphatic carbocycles. The minimum atomic E-state index is -1.16. The molecule has 9 heteroatoms. The topological polar surface area (TPSA) is 66.5 Å². The fraction of sp³-hybridized carbons (Fsp3) is 0.300. The Balaban J connectivity index is 1.15. The third kappa shape index (κ3) is 3.98. The lowest BCUT2D eigenvalue weighted by molar-refractivity contribution is -0.140. The molecule has 1 aliphatic heterocycles. The van der Waals surface area contributed by atoms with Crippen molar-refractivity contribution in [2.75, 3.05) is 11.9 Å². The van der Waals surface area contributed by atoms with Gasteiger partial charge >= 0.3 is 0 Å². The monoisotopic (exact) mass is 644 g/mol. The normalized spacial score (nSPS) is 26.3. The zero-order valence-corrected chi connectivity index (χ0v) is 24.6. The fourth-order valence-corrected chi connectivity index (χ4v) is 8.30. The molecule has 1 N–H and O–H groups in total. The summed E-state index contributed by atoms with van der Waals surface area (Å²) in [4.78, 5) is 39.0. The third-order valence-corrected chi connectivity index (χ3v) is 10.3. The van der Waals surface area contributed by atoms with E-state index in [1.807, 2.05) is 54.6 Å². The van der Waals surface area contributed by atoms with Gasteiger partial charge in [-0.2, -0.15) is 0 Å². The largest absolute Gasteiger partial charge is 0.325 e. The predicted octanol–water partition coefficient (Wildman–Crippen LogP) is 7.19. The summed E-state index contributed by atoms with van der Waals surface area (Å²) in [6.45, 7) is 0.261. The van der Waals surface area contributed by atoms with Crippen LogP contribution in [-0.4, -0.2) is 29.2 Å². The summed E-state index contributed by atoms with van der Waals surface area (Å²) in [5, 5.41) is 3.28. The molecule has 3 aromatic rings. The highest BCUT2D eigenvalue weighted by Gasteiger charge is 2.72. The summed E-state index contributed by atoms with van der Waals surface area (Å²) in [7, 11) is 0. The van der Waals surface area contributed by atoms with Crippen molar-refractivity contribution in [1.82, 2.24) is 4.90 Å². The van der Waals surface area contributed by atoms with Gasteiger partial charge in [0.2, 0.25) is 17.7 Å². The number of halogens is 4. The molecule has 200 valence electrons. The second kappa shape index (κ2) is 9.91. The fourth-order valence-electron chi connectivity index (χ4n) is 6.48. The van der Waals surface area contributed by atoms with E-state index in [0.29, 0.717) is 36.4 Å². The van der Waals surface area contributed by atoms with E-state index < -0.39 is 21.6 Å². The standard InChI is InChI=1S/C30H24BrCl3N2O3/c31-17-13-14-23(22(32)16-17)35-24(37)12-2-1-7-15-36-27(38)25-26(28(36)39)30(34)19-9-4-3-8-18(19)29(25,33)20-10-5-6-11-21(20)30/h3-6,8-11,13-14,16,25-26H,1-2,7,12,15H2,(H,35,37)/t25-,26-,29?,30?/m1/s1. The number of benzene rings is 3. The molecule has 1 saturated heterocycles. The quantitative estimate of drug-likeness (QED) is 0.168. The molecular weight excluding hydrogens is 623 g/mol. The lowest BCUT2D eigenvalue weighted by atomic mass is 9.54. The number of alkyl halides is 2. The molecule has 0 unspecified atom stereocenters. The number of hydrogen-bond acceptors (Lipinski definition) is 3. The Labute approximate surface area is 249 Å². The van der Waals surface area contributed by atoms with Crippen LogP contribution in [0, 0.1) is 11.8 Å². The molecule has 4 aliphatic rings. The minimum absolute atomic E-state index is 0.140. The number of hydrogen-bond donors (Lipinski definition) is 1. The first-order chi connectivity index (χ1) is 18.7. The molecule has 3 aromatic carbocycles. The van der Waals surface area contributed by atoms with Gasteiger partial charge in [-0.25, -0.2) is 0 Å². The van der Waals surface area contributed by atoms with Crippen LogP contribution in [-0.2, 0) is 24.1 Å². The summed E-state index contributed by atoms with van der Waals surface area (Å²) < 4.78 is 0.831. The van der Waals surface area contributed by atoms with Crippen LogP contribution >= 0.6 is 50.7 Å². The van der Waals surface area contributed by atoms with Crippen LogP contribution in [0.4, 0.5) is 5.69 Å². The Hall–Kier alpha value is -2.38. The van der Waals surface area contributed by atoms with Crippen LogP contribution in [0.5, 0.6) is 0 Å². The number of carbonyl (C=O) groups excluding carboxylic acids is 3. The Morgan fingerprint density at radius 2 is 1.33 bits per heavy atom. The highest BCUT2D eigenvalue weighted by Crippen LogP contribution is 2.69. The summed E-state index contributed by atoms with van der Waals surface area (Å²) in [5.41, 5.74) is 3.73. The van der Waals surface area contributed by atoms with E-state index in [1.54, 1.807) is 12.1 Å². The molecule has 3 amide bonds. The van der Waals surface area contributed by atoms with Crippen molar-refractivity contribution in [2.45, 2.75) is 35.4 Å². The number of anilines is 1. The molecule has 0 saturated carbocycles. The SMILES string of the molecule is O=C(CCCCCN1C(=O)[C@H]2[C@H](C1=O)C1(Cl)c3ccccc3C2(Cl)c2ccccc21)Nc1ccc(Br)cc1Cl. The predicted molar refractivity (Wildman–Crippen MR) is 156 cm³/mol. The number of rotatable bonds is 7. The molecule has 7 rings (SSSR count). The van der Waals surface area contributed by atoms with Crippen molar-refractivity contribution in [3.8, 4) is 0 Å². The van der Waals surface area contributed by atoms with E-state index in [9.17, 15) is 14.4 Å². The molecule has 5 nitrogen and oxygen atoms in total. The van der Waals surface area contributed by atoms with E-state index >= 15 is 0 Å². The number of carbonyl (C=O) groups is 3. The Morgan fingerprint density at radius 3 is 1.82 bits per heavy atom. The molecular formula is C30H24BrCl3N2O3. The molecule has 0 spiro atoms. The maximum absolute atomic E-state index is 13.8. The summed E-state index contributed by atoms with van der Waals surface area (Å²) >= 11 is 24.4. The van der Waals surface area contributed by atoms with Crippen LogP contribution in [0.25, 0.3) is 0 Å². The van der Waals surface area contributed by atoms with E-state index in [1.165, 1.54) is 4.90 Å². The number of unbranched alkanes of at least 4 members (excludes halogenated alkanes) is 2. The summed E-state index contributed by atoms with van der Waals surface area (Å²) in [6, 6.07) is 20.5. The van der Waals surface area contributed by atoms with Crippen LogP contribution in [0.3, 0.4) is 0 Å². The number of nitrogens with zero attached hydrogens (tertiary/aromatic N) is 1. The number of imide groups is 1. The Morgan fingerprint density at radius 1 is 0.821 bits per heavy atom. The number of amides is 3. The van der Waals surface area contributed by atoms with Crippen LogP contribution in [0.2, 0.25) is 5.02 Å². The van der Waals surface area contributed by atoms with Gasteiger partial charge < -0.3 is 5.32 Å². The van der Waals surface area contributed by atoms with E-state index in [0.717, 1.165) is 26.7 Å². The first-order valence-corrected chi connectivity index (χ1v) is 14.8. The molecule has 39 heavy (non-hydrogen) atoms. The molecule has 0 aromatic heterocycles. The van der Waals surface area contributed by atoms with Crippen molar-refractivity contribution in [2.24, 2.45) is 11.8 Å². The van der Waals surface area contributed by atoms with Crippen molar-refractivity contribution >= 4 is 74.1 Å². The zero-order valence-electron chi connectivity index (χ0n) is 20.7. The Kier molecular flexibility index (Phi) is 6.82. The zero-order chi connectivity index (χ0) is 27.5. The number of likely N-dealkylation sites (tertiary alicyclic amines) is 1. The van der Waals surface area contributed by atoms with Crippen molar-refractivity contribution < 1.29 is 14.4 Å². The Bertz CT molecular complexity index is 1410. The molecule has 0 radical (unpaired) electrons. The average Bonchev–Trinajstić information content (AvgIpc) is 3.19. The van der Waals surface area contributed by atoms with E-state index in [4.69, 9.17) is 34.8 Å². The van der Waals surface area contributed by atoms with Crippen molar-refractivity contribution in [1.29, 1.82) is 0 Å². The van der Waals surface area contributed by atoms with Gasteiger partial charge in [0, 0.05) is 17.4 Å². The second-order valence-corrected chi connectivity index (χ2v) is 12.8. The summed E-state index contributed by atoms with van der Waals surface area (Å²) in [6.07, 6.45) is 2.17. The van der Waals surface area contributed by atoms with Gasteiger partial charge in [0.15, 0.2) is 0 Å². The minimum Gasteiger partial charge on any atom is -0.325 e. The maximum atomic E-state index is 13.8. The molecule has 2 bridgehead atoms.